The average molecular weight is 401 g/mol. The lowest BCUT2D eigenvalue weighted by Crippen LogP contribution is -2.31. The molecule has 1 atom stereocenters. The lowest BCUT2D eigenvalue weighted by atomic mass is 9.95. The van der Waals surface area contributed by atoms with Gasteiger partial charge in [-0.2, -0.15) is 0 Å². The molecule has 0 spiro atoms. The van der Waals surface area contributed by atoms with Crippen molar-refractivity contribution in [2.45, 2.75) is 6.04 Å². The van der Waals surface area contributed by atoms with Crippen LogP contribution in [-0.4, -0.2) is 37.2 Å². The number of phenolic OH excluding ortho intramolecular Hbond substituents is 2. The predicted molar refractivity (Wildman–Crippen MR) is 98.2 cm³/mol. The van der Waals surface area contributed by atoms with Crippen molar-refractivity contribution in [2.75, 3.05) is 4.90 Å². The molecule has 0 saturated heterocycles. The van der Waals surface area contributed by atoms with Crippen molar-refractivity contribution in [3.63, 3.8) is 0 Å². The van der Waals surface area contributed by atoms with Gasteiger partial charge in [0.05, 0.1) is 16.5 Å². The van der Waals surface area contributed by atoms with E-state index in [1.165, 1.54) is 35.0 Å². The first kappa shape index (κ1) is 17.2. The minimum absolute atomic E-state index is 0.122. The SMILES string of the molecule is O=C(C1=C(O)C(=O)N(c2nncs2)C1c1ccc(O)c(O)c1)c1cccs1. The van der Waals surface area contributed by atoms with E-state index in [-0.39, 0.29) is 16.5 Å². The van der Waals surface area contributed by atoms with Crippen LogP contribution in [0.4, 0.5) is 5.13 Å². The zero-order valence-corrected chi connectivity index (χ0v) is 15.1. The lowest BCUT2D eigenvalue weighted by Gasteiger charge is -2.24. The summed E-state index contributed by atoms with van der Waals surface area (Å²) in [5.74, 6) is -2.72. The minimum Gasteiger partial charge on any atom is -0.504 e. The zero-order valence-electron chi connectivity index (χ0n) is 13.4. The summed E-state index contributed by atoms with van der Waals surface area (Å²) in [5.41, 5.74) is 1.63. The molecule has 136 valence electrons. The molecule has 1 amide bonds. The van der Waals surface area contributed by atoms with Crippen molar-refractivity contribution in [3.05, 3.63) is 63.0 Å². The molecular weight excluding hydrogens is 390 g/mol. The molecule has 4 rings (SSSR count). The van der Waals surface area contributed by atoms with Crippen LogP contribution in [0.1, 0.15) is 21.3 Å². The van der Waals surface area contributed by atoms with Crippen LogP contribution in [0.3, 0.4) is 0 Å². The van der Waals surface area contributed by atoms with E-state index in [0.717, 1.165) is 16.2 Å². The van der Waals surface area contributed by atoms with Crippen LogP contribution in [0.2, 0.25) is 0 Å². The van der Waals surface area contributed by atoms with Gasteiger partial charge in [-0.05, 0) is 29.1 Å². The number of hydrogen-bond acceptors (Lipinski definition) is 9. The number of aromatic hydroxyl groups is 2. The maximum Gasteiger partial charge on any atom is 0.296 e. The molecule has 3 heterocycles. The highest BCUT2D eigenvalue weighted by molar-refractivity contribution is 7.13. The smallest absolute Gasteiger partial charge is 0.296 e. The van der Waals surface area contributed by atoms with Gasteiger partial charge in [0, 0.05) is 0 Å². The Balaban J connectivity index is 1.90. The highest BCUT2D eigenvalue weighted by atomic mass is 32.1. The van der Waals surface area contributed by atoms with Gasteiger partial charge in [0.15, 0.2) is 17.3 Å². The number of amides is 1. The van der Waals surface area contributed by atoms with Crippen molar-refractivity contribution in [1.82, 2.24) is 10.2 Å². The molecule has 0 bridgehead atoms. The summed E-state index contributed by atoms with van der Waals surface area (Å²) in [6.07, 6.45) is 0. The lowest BCUT2D eigenvalue weighted by molar-refractivity contribution is -0.117. The first-order chi connectivity index (χ1) is 13.0. The van der Waals surface area contributed by atoms with Crippen molar-refractivity contribution < 1.29 is 24.9 Å². The zero-order chi connectivity index (χ0) is 19.1. The number of thiophene rings is 1. The highest BCUT2D eigenvalue weighted by Gasteiger charge is 2.46. The van der Waals surface area contributed by atoms with E-state index in [4.69, 9.17) is 0 Å². The molecular formula is C17H11N3O5S2. The van der Waals surface area contributed by atoms with Gasteiger partial charge in [-0.15, -0.1) is 21.5 Å². The number of anilines is 1. The number of benzene rings is 1. The Labute approximate surface area is 160 Å². The molecule has 1 aliphatic heterocycles. The van der Waals surface area contributed by atoms with Crippen LogP contribution in [-0.2, 0) is 4.79 Å². The van der Waals surface area contributed by atoms with Crippen molar-refractivity contribution in [3.8, 4) is 11.5 Å². The second-order valence-corrected chi connectivity index (χ2v) is 7.38. The number of rotatable bonds is 4. The van der Waals surface area contributed by atoms with E-state index < -0.39 is 29.2 Å². The van der Waals surface area contributed by atoms with Crippen LogP contribution in [0.5, 0.6) is 11.5 Å². The minimum atomic E-state index is -1.02. The Morgan fingerprint density at radius 3 is 2.56 bits per heavy atom. The quantitative estimate of drug-likeness (QED) is 0.454. The number of ketones is 1. The van der Waals surface area contributed by atoms with Crippen LogP contribution in [0.15, 0.2) is 52.6 Å². The number of carbonyl (C=O) groups excluding carboxylic acids is 2. The van der Waals surface area contributed by atoms with E-state index in [2.05, 4.69) is 10.2 Å². The Bertz CT molecular complexity index is 1060. The van der Waals surface area contributed by atoms with Gasteiger partial charge in [-0.25, -0.2) is 0 Å². The third-order valence-electron chi connectivity index (χ3n) is 4.07. The van der Waals surface area contributed by atoms with Crippen LogP contribution >= 0.6 is 22.7 Å². The van der Waals surface area contributed by atoms with Crippen LogP contribution in [0, 0.1) is 0 Å². The molecule has 1 aliphatic rings. The predicted octanol–water partition coefficient (Wildman–Crippen LogP) is 2.79. The summed E-state index contributed by atoms with van der Waals surface area (Å²) in [6, 6.07) is 6.21. The molecule has 0 fully saturated rings. The maximum atomic E-state index is 13.0. The largest absolute Gasteiger partial charge is 0.504 e. The Morgan fingerprint density at radius 2 is 1.93 bits per heavy atom. The van der Waals surface area contributed by atoms with E-state index in [1.807, 2.05) is 0 Å². The number of hydrogen-bond donors (Lipinski definition) is 3. The van der Waals surface area contributed by atoms with E-state index in [0.29, 0.717) is 10.4 Å². The Morgan fingerprint density at radius 1 is 1.11 bits per heavy atom. The van der Waals surface area contributed by atoms with Crippen LogP contribution < -0.4 is 4.90 Å². The molecule has 3 aromatic rings. The number of carbonyl (C=O) groups is 2. The molecule has 3 N–H and O–H groups in total. The molecule has 1 aromatic carbocycles. The van der Waals surface area contributed by atoms with E-state index >= 15 is 0 Å². The average Bonchev–Trinajstić information content (AvgIpc) is 3.39. The molecule has 0 aliphatic carbocycles. The summed E-state index contributed by atoms with van der Waals surface area (Å²) in [6.45, 7) is 0. The summed E-state index contributed by atoms with van der Waals surface area (Å²) in [5, 5.41) is 39.4. The van der Waals surface area contributed by atoms with E-state index in [1.54, 1.807) is 17.5 Å². The first-order valence-corrected chi connectivity index (χ1v) is 9.38. The second-order valence-electron chi connectivity index (χ2n) is 5.62. The molecule has 0 radical (unpaired) electrons. The van der Waals surface area contributed by atoms with Gasteiger partial charge in [-0.1, -0.05) is 23.5 Å². The topological polar surface area (TPSA) is 124 Å². The third kappa shape index (κ3) is 2.75. The monoisotopic (exact) mass is 401 g/mol. The standard InChI is InChI=1S/C17H11N3O5S2/c21-9-4-3-8(6-10(9)22)13-12(14(23)11-2-1-5-26-11)15(24)16(25)20(13)17-19-18-7-27-17/h1-7,13,21-22,24H. The number of aliphatic hydroxyl groups is 1. The fourth-order valence-electron chi connectivity index (χ4n) is 2.87. The number of aliphatic hydroxyl groups excluding tert-OH is 1. The number of nitrogens with zero attached hydrogens (tertiary/aromatic N) is 3. The maximum absolute atomic E-state index is 13.0. The summed E-state index contributed by atoms with van der Waals surface area (Å²) < 4.78 is 0. The number of aromatic nitrogens is 2. The normalized spacial score (nSPS) is 17.0. The summed E-state index contributed by atoms with van der Waals surface area (Å²) in [7, 11) is 0. The molecule has 8 nitrogen and oxygen atoms in total. The van der Waals surface area contributed by atoms with E-state index in [9.17, 15) is 24.9 Å². The Hall–Kier alpha value is -3.24. The molecule has 27 heavy (non-hydrogen) atoms. The molecule has 1 unspecified atom stereocenters. The van der Waals surface area contributed by atoms with Crippen molar-refractivity contribution in [2.24, 2.45) is 0 Å². The summed E-state index contributed by atoms with van der Waals surface area (Å²) >= 11 is 2.25. The first-order valence-electron chi connectivity index (χ1n) is 7.62. The van der Waals surface area contributed by atoms with Crippen molar-refractivity contribution >= 4 is 39.5 Å². The van der Waals surface area contributed by atoms with Gasteiger partial charge in [0.2, 0.25) is 10.9 Å². The fraction of sp³-hybridized carbons (Fsp3) is 0.0588. The van der Waals surface area contributed by atoms with Crippen LogP contribution in [0.25, 0.3) is 0 Å². The summed E-state index contributed by atoms with van der Waals surface area (Å²) in [4.78, 5) is 27.2. The Kier molecular flexibility index (Phi) is 4.13. The second kappa shape index (κ2) is 6.49. The van der Waals surface area contributed by atoms with Gasteiger partial charge >= 0.3 is 0 Å². The van der Waals surface area contributed by atoms with Gasteiger partial charge in [-0.3, -0.25) is 14.5 Å². The third-order valence-corrected chi connectivity index (χ3v) is 5.63. The van der Waals surface area contributed by atoms with Gasteiger partial charge in [0.25, 0.3) is 5.91 Å². The number of Topliss-reactive ketones (excluding diaryl/α,β-unsaturated/α-hetero) is 1. The molecule has 2 aromatic heterocycles. The molecule has 0 saturated carbocycles. The van der Waals surface area contributed by atoms with Gasteiger partial charge < -0.3 is 15.3 Å². The van der Waals surface area contributed by atoms with Gasteiger partial charge in [0.1, 0.15) is 5.51 Å². The fourth-order valence-corrected chi connectivity index (χ4v) is 4.14. The highest BCUT2D eigenvalue weighted by Crippen LogP contribution is 2.44. The molecule has 10 heteroatoms. The number of phenols is 2. The van der Waals surface area contributed by atoms with Crippen molar-refractivity contribution in [1.29, 1.82) is 0 Å².